The molecule has 2 rings (SSSR count). The Morgan fingerprint density at radius 1 is 1.24 bits per heavy atom. The van der Waals surface area contributed by atoms with Crippen LogP contribution in [-0.2, 0) is 4.79 Å². The molecule has 114 valence electrons. The minimum absolute atomic E-state index is 0.250. The number of nitrogens with one attached hydrogen (secondary N) is 1. The van der Waals surface area contributed by atoms with Crippen LogP contribution in [0.1, 0.15) is 42.5 Å². The second kappa shape index (κ2) is 7.45. The normalized spacial score (nSPS) is 22.4. The van der Waals surface area contributed by atoms with Crippen molar-refractivity contribution in [2.45, 2.75) is 38.1 Å². The van der Waals surface area contributed by atoms with E-state index in [2.05, 4.69) is 27.9 Å². The monoisotopic (exact) mass is 421 g/mol. The third-order valence-corrected chi connectivity index (χ3v) is 5.00. The number of carbonyl (C=O) groups is 2. The van der Waals surface area contributed by atoms with Crippen molar-refractivity contribution in [3.63, 3.8) is 0 Å². The number of carboxylic acids is 1. The minimum Gasteiger partial charge on any atom is -0.481 e. The predicted octanol–water partition coefficient (Wildman–Crippen LogP) is 3.71. The van der Waals surface area contributed by atoms with Crippen LogP contribution in [-0.4, -0.2) is 23.0 Å². The van der Waals surface area contributed by atoms with Gasteiger partial charge in [-0.25, -0.2) is 0 Å². The molecule has 2 N–H and O–H groups in total. The maximum Gasteiger partial charge on any atom is 0.308 e. The van der Waals surface area contributed by atoms with E-state index in [9.17, 15) is 14.7 Å². The highest BCUT2D eigenvalue weighted by molar-refractivity contribution is 14.1. The Bertz CT molecular complexity index is 550. The summed E-state index contributed by atoms with van der Waals surface area (Å²) in [4.78, 5) is 23.8. The van der Waals surface area contributed by atoms with Gasteiger partial charge in [0.25, 0.3) is 5.91 Å². The zero-order chi connectivity index (χ0) is 15.4. The molecule has 1 aromatic rings. The van der Waals surface area contributed by atoms with Crippen molar-refractivity contribution in [2.75, 3.05) is 0 Å². The fourth-order valence-corrected chi connectivity index (χ4v) is 3.45. The van der Waals surface area contributed by atoms with E-state index in [1.54, 1.807) is 18.2 Å². The molecule has 0 spiro atoms. The van der Waals surface area contributed by atoms with E-state index in [1.807, 2.05) is 0 Å². The third kappa shape index (κ3) is 4.32. The number of amides is 1. The zero-order valence-corrected chi connectivity index (χ0v) is 14.4. The van der Waals surface area contributed by atoms with E-state index in [0.717, 1.165) is 22.8 Å². The van der Waals surface area contributed by atoms with Gasteiger partial charge in [-0.15, -0.1) is 0 Å². The Balaban J connectivity index is 2.16. The third-order valence-electron chi connectivity index (χ3n) is 3.82. The van der Waals surface area contributed by atoms with Gasteiger partial charge in [0.15, 0.2) is 0 Å². The molecule has 0 saturated heterocycles. The second-order valence-corrected chi connectivity index (χ2v) is 6.89. The quantitative estimate of drug-likeness (QED) is 0.578. The standard InChI is InChI=1S/C15H17ClINO3/c16-9-6-7-12(17)11(8-9)14(19)18-13-5-3-1-2-4-10(13)15(20)21/h6-8,10,13H,1-5H2,(H,18,19)(H,20,21). The Labute approximate surface area is 142 Å². The maximum atomic E-state index is 12.4. The molecule has 0 aromatic heterocycles. The number of carboxylic acid groups (broad SMARTS) is 1. The van der Waals surface area contributed by atoms with Crippen LogP contribution >= 0.6 is 34.2 Å². The highest BCUT2D eigenvalue weighted by Gasteiger charge is 2.31. The van der Waals surface area contributed by atoms with Crippen molar-refractivity contribution in [3.8, 4) is 0 Å². The molecule has 1 aliphatic carbocycles. The molecule has 0 aliphatic heterocycles. The summed E-state index contributed by atoms with van der Waals surface area (Å²) in [6.07, 6.45) is 4.19. The average Bonchev–Trinajstić information content (AvgIpc) is 2.67. The van der Waals surface area contributed by atoms with Crippen LogP contribution in [0.4, 0.5) is 0 Å². The predicted molar refractivity (Wildman–Crippen MR) is 89.6 cm³/mol. The Hall–Kier alpha value is -0.820. The SMILES string of the molecule is O=C(NC1CCCCCC1C(=O)O)c1cc(Cl)ccc1I. The second-order valence-electron chi connectivity index (χ2n) is 5.29. The Morgan fingerprint density at radius 2 is 1.95 bits per heavy atom. The molecule has 1 aromatic carbocycles. The molecule has 0 bridgehead atoms. The van der Waals surface area contributed by atoms with Gasteiger partial charge in [-0.3, -0.25) is 9.59 Å². The summed E-state index contributed by atoms with van der Waals surface area (Å²) >= 11 is 8.01. The molecule has 2 unspecified atom stereocenters. The van der Waals surface area contributed by atoms with E-state index in [0.29, 0.717) is 23.4 Å². The summed E-state index contributed by atoms with van der Waals surface area (Å²) in [5.74, 6) is -1.59. The van der Waals surface area contributed by atoms with Crippen LogP contribution in [0.2, 0.25) is 5.02 Å². The van der Waals surface area contributed by atoms with Crippen molar-refractivity contribution >= 4 is 46.1 Å². The summed E-state index contributed by atoms with van der Waals surface area (Å²) in [5.41, 5.74) is 0.497. The molecule has 6 heteroatoms. The number of rotatable bonds is 3. The van der Waals surface area contributed by atoms with Crippen molar-refractivity contribution in [1.82, 2.24) is 5.32 Å². The number of benzene rings is 1. The first kappa shape index (κ1) is 16.5. The van der Waals surface area contributed by atoms with Crippen molar-refractivity contribution < 1.29 is 14.7 Å². The topological polar surface area (TPSA) is 66.4 Å². The summed E-state index contributed by atoms with van der Waals surface area (Å²) in [6, 6.07) is 4.81. The van der Waals surface area contributed by atoms with Gasteiger partial charge in [-0.2, -0.15) is 0 Å². The molecule has 2 atom stereocenters. The van der Waals surface area contributed by atoms with Gasteiger partial charge in [-0.05, 0) is 53.6 Å². The largest absolute Gasteiger partial charge is 0.481 e. The number of carbonyl (C=O) groups excluding carboxylic acids is 1. The summed E-state index contributed by atoms with van der Waals surface area (Å²) in [6.45, 7) is 0. The van der Waals surface area contributed by atoms with Crippen LogP contribution in [0.3, 0.4) is 0 Å². The van der Waals surface area contributed by atoms with Gasteiger partial charge >= 0.3 is 5.97 Å². The van der Waals surface area contributed by atoms with Crippen molar-refractivity contribution in [2.24, 2.45) is 5.92 Å². The molecule has 1 aliphatic rings. The van der Waals surface area contributed by atoms with Gasteiger partial charge in [0.05, 0.1) is 11.5 Å². The van der Waals surface area contributed by atoms with Crippen molar-refractivity contribution in [1.29, 1.82) is 0 Å². The highest BCUT2D eigenvalue weighted by atomic mass is 127. The van der Waals surface area contributed by atoms with E-state index >= 15 is 0 Å². The number of hydrogen-bond donors (Lipinski definition) is 2. The summed E-state index contributed by atoms with van der Waals surface area (Å²) in [5, 5.41) is 12.7. The Morgan fingerprint density at radius 3 is 2.67 bits per heavy atom. The first-order valence-corrected chi connectivity index (χ1v) is 8.43. The lowest BCUT2D eigenvalue weighted by Gasteiger charge is -2.23. The van der Waals surface area contributed by atoms with Gasteiger partial charge in [0.1, 0.15) is 0 Å². The fourth-order valence-electron chi connectivity index (χ4n) is 2.69. The molecule has 21 heavy (non-hydrogen) atoms. The summed E-state index contributed by atoms with van der Waals surface area (Å²) < 4.78 is 0.801. The van der Waals surface area contributed by atoms with Gasteiger partial charge < -0.3 is 10.4 Å². The molecular weight excluding hydrogens is 405 g/mol. The van der Waals surface area contributed by atoms with Crippen LogP contribution < -0.4 is 5.32 Å². The van der Waals surface area contributed by atoms with Crippen LogP contribution in [0.25, 0.3) is 0 Å². The lowest BCUT2D eigenvalue weighted by atomic mass is 9.94. The smallest absolute Gasteiger partial charge is 0.308 e. The molecular formula is C15H17ClINO3. The Kier molecular flexibility index (Phi) is 5.87. The van der Waals surface area contributed by atoms with E-state index < -0.39 is 11.9 Å². The molecule has 1 fully saturated rings. The van der Waals surface area contributed by atoms with E-state index in [-0.39, 0.29) is 11.9 Å². The van der Waals surface area contributed by atoms with Gasteiger partial charge in [0, 0.05) is 14.6 Å². The van der Waals surface area contributed by atoms with E-state index in [1.165, 1.54) is 0 Å². The van der Waals surface area contributed by atoms with Gasteiger partial charge in [0.2, 0.25) is 0 Å². The summed E-state index contributed by atoms with van der Waals surface area (Å²) in [7, 11) is 0. The van der Waals surface area contributed by atoms with Crippen LogP contribution in [0.15, 0.2) is 18.2 Å². The zero-order valence-electron chi connectivity index (χ0n) is 11.4. The molecule has 0 heterocycles. The lowest BCUT2D eigenvalue weighted by Crippen LogP contribution is -2.43. The first-order valence-electron chi connectivity index (χ1n) is 6.98. The number of hydrogen-bond acceptors (Lipinski definition) is 2. The minimum atomic E-state index is -0.831. The van der Waals surface area contributed by atoms with Crippen LogP contribution in [0, 0.1) is 9.49 Å². The van der Waals surface area contributed by atoms with E-state index in [4.69, 9.17) is 11.6 Å². The van der Waals surface area contributed by atoms with Gasteiger partial charge in [-0.1, -0.05) is 30.9 Å². The molecule has 1 saturated carbocycles. The number of halogens is 2. The lowest BCUT2D eigenvalue weighted by molar-refractivity contribution is -0.142. The fraction of sp³-hybridized carbons (Fsp3) is 0.467. The number of aliphatic carboxylic acids is 1. The maximum absolute atomic E-state index is 12.4. The first-order chi connectivity index (χ1) is 9.99. The molecule has 0 radical (unpaired) electrons. The highest BCUT2D eigenvalue weighted by Crippen LogP contribution is 2.25. The molecule has 4 nitrogen and oxygen atoms in total. The van der Waals surface area contributed by atoms with Crippen molar-refractivity contribution in [3.05, 3.63) is 32.4 Å². The van der Waals surface area contributed by atoms with Crippen LogP contribution in [0.5, 0.6) is 0 Å². The molecule has 1 amide bonds. The average molecular weight is 422 g/mol.